The van der Waals surface area contributed by atoms with Gasteiger partial charge in [-0.05, 0) is 20.0 Å². The van der Waals surface area contributed by atoms with Crippen molar-refractivity contribution in [3.05, 3.63) is 0 Å². The van der Waals surface area contributed by atoms with Crippen LogP contribution >= 0.6 is 0 Å². The van der Waals surface area contributed by atoms with E-state index >= 15 is 0 Å². The van der Waals surface area contributed by atoms with Gasteiger partial charge in [0, 0.05) is 0 Å². The highest BCUT2D eigenvalue weighted by Gasteiger charge is 2.02. The Labute approximate surface area is 160 Å². The molecule has 0 aromatic rings. The fourth-order valence-electron chi connectivity index (χ4n) is 2.80. The zero-order valence-electron chi connectivity index (χ0n) is 18.4. The van der Waals surface area contributed by atoms with Crippen molar-refractivity contribution in [1.82, 2.24) is 5.32 Å². The number of nitrogens with one attached hydrogen (secondary N) is 1. The lowest BCUT2D eigenvalue weighted by atomic mass is 10.0. The van der Waals surface area contributed by atoms with Crippen molar-refractivity contribution in [3.8, 4) is 0 Å². The van der Waals surface area contributed by atoms with Crippen LogP contribution in [-0.4, -0.2) is 57.5 Å². The molecule has 0 fully saturated rings. The molecule has 0 spiro atoms. The smallest absolute Gasteiger partial charge is 0.101 e. The molecule has 3 nitrogen and oxygen atoms in total. The molecule has 0 unspecified atom stereocenters. The van der Waals surface area contributed by atoms with Gasteiger partial charge in [0.1, 0.15) is 6.54 Å². The monoisotopic (exact) mass is 359 g/mol. The van der Waals surface area contributed by atoms with Crippen LogP contribution in [0.25, 0.3) is 0 Å². The number of hydrogen-bond acceptors (Lipinski definition) is 2. The van der Waals surface area contributed by atoms with Crippen molar-refractivity contribution < 1.29 is 9.59 Å². The Hall–Kier alpha value is -0.120. The van der Waals surface area contributed by atoms with Crippen molar-refractivity contribution in [3.63, 3.8) is 0 Å². The lowest BCUT2D eigenvalue weighted by molar-refractivity contribution is -0.870. The van der Waals surface area contributed by atoms with Crippen LogP contribution in [0.2, 0.25) is 0 Å². The van der Waals surface area contributed by atoms with Crippen LogP contribution in [0.3, 0.4) is 0 Å². The Kier molecular flexibility index (Phi) is 23.8. The van der Waals surface area contributed by atoms with E-state index in [1.54, 1.807) is 0 Å². The fourth-order valence-corrected chi connectivity index (χ4v) is 2.80. The normalized spacial score (nSPS) is 11.3. The van der Waals surface area contributed by atoms with Crippen molar-refractivity contribution in [1.29, 1.82) is 0 Å². The molecule has 0 amide bonds. The molecule has 3 heteroatoms. The molecule has 0 rings (SSSR count). The van der Waals surface area contributed by atoms with E-state index < -0.39 is 0 Å². The molecule has 0 aromatic carbocycles. The number of nitrogens with zero attached hydrogens (tertiary/aromatic N) is 1. The third kappa shape index (κ3) is 32.1. The zero-order valence-corrected chi connectivity index (χ0v) is 18.4. The average molecular weight is 360 g/mol. The molecule has 2 N–H and O–H groups in total. The summed E-state index contributed by atoms with van der Waals surface area (Å²) in [5, 5.41) is 11.6. The first kappa shape index (κ1) is 27.1. The minimum Gasteiger partial charge on any atom is -0.391 e. The second kappa shape index (κ2) is 21.9. The van der Waals surface area contributed by atoms with Crippen LogP contribution in [0, 0.1) is 0 Å². The van der Waals surface area contributed by atoms with Gasteiger partial charge in [-0.1, -0.05) is 90.4 Å². The second-order valence-corrected chi connectivity index (χ2v) is 8.44. The van der Waals surface area contributed by atoms with Crippen molar-refractivity contribution in [2.24, 2.45) is 0 Å². The van der Waals surface area contributed by atoms with Crippen LogP contribution in [0.15, 0.2) is 0 Å². The van der Waals surface area contributed by atoms with Gasteiger partial charge in [0.05, 0.1) is 27.7 Å². The second-order valence-electron chi connectivity index (χ2n) is 8.44. The van der Waals surface area contributed by atoms with Crippen molar-refractivity contribution in [2.75, 3.05) is 47.9 Å². The van der Waals surface area contributed by atoms with Gasteiger partial charge in [-0.2, -0.15) is 0 Å². The molecule has 0 aliphatic rings. The molecule has 0 aliphatic heterocycles. The maximum atomic E-state index is 8.39. The summed E-state index contributed by atoms with van der Waals surface area (Å²) in [6.07, 6.45) is 20.3. The SMILES string of the molecule is CCCCCCCCCCCCCCCCNC.C[N+](C)(C)CCO. The first-order chi connectivity index (χ1) is 12.0. The number of unbranched alkanes of at least 4 members (excludes halogenated alkanes) is 13. The van der Waals surface area contributed by atoms with Gasteiger partial charge in [0.15, 0.2) is 0 Å². The first-order valence-corrected chi connectivity index (χ1v) is 11.0. The van der Waals surface area contributed by atoms with E-state index in [1.165, 1.54) is 96.4 Å². The van der Waals surface area contributed by atoms with Gasteiger partial charge in [0.25, 0.3) is 0 Å². The zero-order chi connectivity index (χ0) is 19.2. The molecule has 0 saturated heterocycles. The maximum Gasteiger partial charge on any atom is 0.101 e. The maximum absolute atomic E-state index is 8.39. The Bertz CT molecular complexity index is 211. The minimum atomic E-state index is 0.281. The number of rotatable bonds is 17. The van der Waals surface area contributed by atoms with E-state index in [-0.39, 0.29) is 6.61 Å². The third-order valence-corrected chi connectivity index (χ3v) is 4.55. The van der Waals surface area contributed by atoms with Gasteiger partial charge in [-0.15, -0.1) is 0 Å². The van der Waals surface area contributed by atoms with E-state index in [0.29, 0.717) is 0 Å². The van der Waals surface area contributed by atoms with Gasteiger partial charge in [0.2, 0.25) is 0 Å². The highest BCUT2D eigenvalue weighted by atomic mass is 16.3. The summed E-state index contributed by atoms with van der Waals surface area (Å²) in [6.45, 7) is 4.60. The highest BCUT2D eigenvalue weighted by molar-refractivity contribution is 4.49. The molecule has 154 valence electrons. The summed E-state index contributed by atoms with van der Waals surface area (Å²) in [5.41, 5.74) is 0. The largest absolute Gasteiger partial charge is 0.391 e. The molecule has 0 aromatic heterocycles. The average Bonchev–Trinajstić information content (AvgIpc) is 2.55. The van der Waals surface area contributed by atoms with Gasteiger partial charge in [-0.25, -0.2) is 0 Å². The van der Waals surface area contributed by atoms with Gasteiger partial charge < -0.3 is 14.9 Å². The van der Waals surface area contributed by atoms with Crippen LogP contribution in [-0.2, 0) is 0 Å². The van der Waals surface area contributed by atoms with Crippen molar-refractivity contribution in [2.45, 2.75) is 96.8 Å². The summed E-state index contributed by atoms with van der Waals surface area (Å²) in [4.78, 5) is 0. The standard InChI is InChI=1S/C17H37N.C5H14NO/c1-3-4-5-6-7-8-9-10-11-12-13-14-15-16-17-18-2;1-6(2,3)4-5-7/h18H,3-17H2,1-2H3;7H,4-5H2,1-3H3/q;+1. The highest BCUT2D eigenvalue weighted by Crippen LogP contribution is 2.12. The molecule has 0 bridgehead atoms. The lowest BCUT2D eigenvalue weighted by Gasteiger charge is -2.21. The molecular weight excluding hydrogens is 308 g/mol. The van der Waals surface area contributed by atoms with E-state index in [0.717, 1.165) is 11.0 Å². The van der Waals surface area contributed by atoms with Crippen LogP contribution in [0.5, 0.6) is 0 Å². The molecule has 25 heavy (non-hydrogen) atoms. The molecule has 0 saturated carbocycles. The quantitative estimate of drug-likeness (QED) is 0.270. The Morgan fingerprint density at radius 2 is 1.00 bits per heavy atom. The Balaban J connectivity index is 0. The molecule has 0 atom stereocenters. The van der Waals surface area contributed by atoms with Crippen LogP contribution in [0.1, 0.15) is 96.8 Å². The first-order valence-electron chi connectivity index (χ1n) is 11.0. The third-order valence-electron chi connectivity index (χ3n) is 4.55. The molecular formula is C22H51N2O+. The van der Waals surface area contributed by atoms with Gasteiger partial charge >= 0.3 is 0 Å². The summed E-state index contributed by atoms with van der Waals surface area (Å²) >= 11 is 0. The van der Waals surface area contributed by atoms with E-state index in [4.69, 9.17) is 5.11 Å². The summed E-state index contributed by atoms with van der Waals surface area (Å²) < 4.78 is 0.844. The van der Waals surface area contributed by atoms with Gasteiger partial charge in [-0.3, -0.25) is 0 Å². The minimum absolute atomic E-state index is 0.281. The van der Waals surface area contributed by atoms with E-state index in [1.807, 2.05) is 7.05 Å². The predicted molar refractivity (Wildman–Crippen MR) is 114 cm³/mol. The fraction of sp³-hybridized carbons (Fsp3) is 1.00. The number of quaternary nitrogens is 1. The van der Waals surface area contributed by atoms with Crippen molar-refractivity contribution >= 4 is 0 Å². The summed E-state index contributed by atoms with van der Waals surface area (Å²) in [7, 11) is 8.20. The molecule has 0 aliphatic carbocycles. The van der Waals surface area contributed by atoms with Crippen LogP contribution < -0.4 is 5.32 Å². The molecule has 0 radical (unpaired) electrons. The lowest BCUT2D eigenvalue weighted by Crippen LogP contribution is -2.36. The summed E-state index contributed by atoms with van der Waals surface area (Å²) in [6, 6.07) is 0. The number of hydrogen-bond donors (Lipinski definition) is 2. The number of aliphatic hydroxyl groups is 1. The molecule has 0 heterocycles. The van der Waals surface area contributed by atoms with E-state index in [9.17, 15) is 0 Å². The Morgan fingerprint density at radius 3 is 1.24 bits per heavy atom. The number of likely N-dealkylation sites (N-methyl/N-ethyl adjacent to an activating group) is 1. The number of aliphatic hydroxyl groups excluding tert-OH is 1. The predicted octanol–water partition coefficient (Wildman–Crippen LogP) is 5.37. The van der Waals surface area contributed by atoms with Crippen LogP contribution in [0.4, 0.5) is 0 Å². The summed E-state index contributed by atoms with van der Waals surface area (Å²) in [5.74, 6) is 0. The topological polar surface area (TPSA) is 32.3 Å². The van der Waals surface area contributed by atoms with E-state index in [2.05, 4.69) is 33.4 Å². The Morgan fingerprint density at radius 1 is 0.640 bits per heavy atom.